The van der Waals surface area contributed by atoms with Gasteiger partial charge in [-0.1, -0.05) is 151 Å². The summed E-state index contributed by atoms with van der Waals surface area (Å²) in [5, 5.41) is 19.5. The van der Waals surface area contributed by atoms with Crippen LogP contribution in [0, 0.1) is 0 Å². The van der Waals surface area contributed by atoms with E-state index >= 15 is 0 Å². The number of rotatable bonds is 44. The minimum absolute atomic E-state index is 0. The summed E-state index contributed by atoms with van der Waals surface area (Å²) in [4.78, 5) is 118. The van der Waals surface area contributed by atoms with Crippen LogP contribution in [0.3, 0.4) is 0 Å². The highest BCUT2D eigenvalue weighted by Gasteiger charge is 2.26. The molecule has 107 heavy (non-hydrogen) atoms. The third kappa shape index (κ3) is 67.0. The average molecular weight is 1510 g/mol. The fourth-order valence-electron chi connectivity index (χ4n) is 9.32. The van der Waals surface area contributed by atoms with Crippen molar-refractivity contribution in [2.75, 3.05) is 26.2 Å². The van der Waals surface area contributed by atoms with Crippen molar-refractivity contribution in [2.24, 2.45) is 17.2 Å². The number of hydrogen-bond acceptors (Lipinski definition) is 20. The second-order valence-electron chi connectivity index (χ2n) is 29.3. The summed E-state index contributed by atoms with van der Waals surface area (Å²) in [5.74, 6) is -1.55. The number of carboxylic acid groups (broad SMARTS) is 1. The van der Waals surface area contributed by atoms with Crippen molar-refractivity contribution >= 4 is 59.8 Å². The van der Waals surface area contributed by atoms with Gasteiger partial charge in [0.2, 0.25) is 0 Å². The van der Waals surface area contributed by atoms with Crippen LogP contribution in [0.2, 0.25) is 0 Å². The Morgan fingerprint density at radius 2 is 0.673 bits per heavy atom. The second kappa shape index (κ2) is 61.8. The van der Waals surface area contributed by atoms with Crippen LogP contribution in [0.4, 0.5) is 19.2 Å². The topological polar surface area (TPSA) is 382 Å². The molecule has 0 spiro atoms. The van der Waals surface area contributed by atoms with E-state index in [0.29, 0.717) is 123 Å². The zero-order valence-corrected chi connectivity index (χ0v) is 66.3. The highest BCUT2D eigenvalue weighted by molar-refractivity contribution is 5.87. The van der Waals surface area contributed by atoms with E-state index in [4.69, 9.17) is 56.8 Å². The normalized spacial score (nSPS) is 11.8. The number of aliphatic carboxylic acids is 1. The van der Waals surface area contributed by atoms with E-state index in [2.05, 4.69) is 21.3 Å². The number of ether oxygens (including phenoxy) is 7. The van der Waals surface area contributed by atoms with Crippen LogP contribution in [0.5, 0.6) is 0 Å². The first kappa shape index (κ1) is 101. The molecule has 0 fully saturated rings. The minimum Gasteiger partial charge on any atom is -0.480 e. The van der Waals surface area contributed by atoms with E-state index < -0.39 is 64.8 Å². The maximum Gasteiger partial charge on any atom is 0.408 e. The summed E-state index contributed by atoms with van der Waals surface area (Å²) in [6, 6.07) is 26.9. The highest BCUT2D eigenvalue weighted by atomic mass is 16.6. The van der Waals surface area contributed by atoms with Crippen LogP contribution < -0.4 is 38.5 Å². The number of Topliss-reactive ketones (excluding diaryl/α,β-unsaturated/α-hetero) is 2. The first-order valence-corrected chi connectivity index (χ1v) is 37.7. The van der Waals surface area contributed by atoms with Crippen molar-refractivity contribution < 1.29 is 87.6 Å². The standard InChI is InChI=1S/C30H48N2O7.C20H32N2O3.C16H30N2O6.C13H19NO2.C2H6.CH4/c1-29(2,3)38-27(35)31-21-15-14-18-24(32-28(36)39-30(4,5)6)25(33)19-12-7-8-13-20-26(34)37-22-23-16-10-9-11-17-23;21-15-9-8-12-18(22)19(23)13-6-1-2-7-14-20(24)25-16-17-10-4-3-5-11-17;1-15(2,3)23-13(21)17-10-8-7-9-11(12(19)20)18-14(22)24-16(4,5)6;14-10-6-2-5-9-13(15)16-11-12-7-3-1-4-8-12;1-2;/h9-11,16-17,24H,7-8,12-15,18-22H2,1-6H3,(H,31,35)(H,32,36);3-5,10-11,18H,1-2,6-9,12-16,21-22H2;11H,7-10H2,1-6H3,(H,17,21)(H,18,22)(H,19,20);1,3-4,7-8H,2,5-6,9-11,14H2;1-2H3;1H4/t24-;18-;11-;;;/m000.../s1/i;;;;1D;. The third-order valence-corrected chi connectivity index (χ3v) is 14.5. The minimum atomic E-state index is -1.12. The van der Waals surface area contributed by atoms with E-state index in [1.807, 2.05) is 91.0 Å². The van der Waals surface area contributed by atoms with Gasteiger partial charge in [-0.15, -0.1) is 0 Å². The highest BCUT2D eigenvalue weighted by Crippen LogP contribution is 2.17. The number of esters is 3. The Labute approximate surface area is 642 Å². The number of unbranched alkanes of at least 4 members (excludes halogenated alkanes) is 11. The first-order chi connectivity index (χ1) is 50.4. The van der Waals surface area contributed by atoms with Crippen molar-refractivity contribution in [3.8, 4) is 0 Å². The Kier molecular flexibility index (Phi) is 58.3. The molecule has 0 aliphatic heterocycles. The van der Waals surface area contributed by atoms with Gasteiger partial charge in [0.05, 0.1) is 12.1 Å². The lowest BCUT2D eigenvalue weighted by Gasteiger charge is -2.23. The molecule has 3 aromatic carbocycles. The van der Waals surface area contributed by atoms with Crippen LogP contribution in [0.15, 0.2) is 91.0 Å². The molecule has 25 nitrogen and oxygen atoms in total. The number of ketones is 2. The fraction of sp³-hybridized carbons (Fsp3) is 0.659. The predicted molar refractivity (Wildman–Crippen MR) is 421 cm³/mol. The summed E-state index contributed by atoms with van der Waals surface area (Å²) in [5.41, 5.74) is 17.2. The number of carbonyl (C=O) groups excluding carboxylic acids is 9. The smallest absolute Gasteiger partial charge is 0.408 e. The largest absolute Gasteiger partial charge is 0.480 e. The van der Waals surface area contributed by atoms with Crippen molar-refractivity contribution in [2.45, 2.75) is 325 Å². The molecule has 4 amide bonds. The number of nitrogens with one attached hydrogen (secondary N) is 4. The van der Waals surface area contributed by atoms with Gasteiger partial charge in [-0.25, -0.2) is 24.0 Å². The second-order valence-corrected chi connectivity index (χ2v) is 29.3. The molecular formula is C82H139N7O18. The molecule has 3 atom stereocenters. The third-order valence-electron chi connectivity index (χ3n) is 14.5. The van der Waals surface area contributed by atoms with Gasteiger partial charge >= 0.3 is 48.3 Å². The van der Waals surface area contributed by atoms with Crippen LogP contribution in [0.1, 0.15) is 283 Å². The summed E-state index contributed by atoms with van der Waals surface area (Å²) in [7, 11) is 0. The molecule has 0 radical (unpaired) electrons. The maximum absolute atomic E-state index is 12.9. The number of amides is 4. The lowest BCUT2D eigenvalue weighted by Crippen LogP contribution is -2.43. The molecule has 11 N–H and O–H groups in total. The van der Waals surface area contributed by atoms with Crippen LogP contribution in [-0.4, -0.2) is 132 Å². The van der Waals surface area contributed by atoms with E-state index in [0.717, 1.165) is 93.7 Å². The molecule has 0 bridgehead atoms. The zero-order chi connectivity index (χ0) is 81.0. The van der Waals surface area contributed by atoms with Crippen molar-refractivity contribution in [3.63, 3.8) is 0 Å². The number of nitrogens with two attached hydrogens (primary N) is 3. The summed E-state index contributed by atoms with van der Waals surface area (Å²) >= 11 is 0. The summed E-state index contributed by atoms with van der Waals surface area (Å²) in [6.07, 6.45) is 14.7. The van der Waals surface area contributed by atoms with E-state index in [-0.39, 0.29) is 56.0 Å². The number of carbonyl (C=O) groups is 10. The zero-order valence-electron chi connectivity index (χ0n) is 67.3. The molecule has 0 unspecified atom stereocenters. The molecule has 610 valence electrons. The Bertz CT molecular complexity index is 2880. The Morgan fingerprint density at radius 3 is 1.00 bits per heavy atom. The molecule has 25 heteroatoms. The number of hydrogen-bond donors (Lipinski definition) is 8. The average Bonchev–Trinajstić information content (AvgIpc) is 0.931. The number of benzene rings is 3. The number of alkyl carbamates (subject to hydrolysis) is 4. The van der Waals surface area contributed by atoms with Gasteiger partial charge in [-0.2, -0.15) is 0 Å². The van der Waals surface area contributed by atoms with Gasteiger partial charge in [0.25, 0.3) is 0 Å². The molecule has 0 aromatic heterocycles. The van der Waals surface area contributed by atoms with Gasteiger partial charge < -0.3 is 76.7 Å². The lowest BCUT2D eigenvalue weighted by atomic mass is 10.00. The van der Waals surface area contributed by atoms with Crippen LogP contribution in [0.25, 0.3) is 0 Å². The van der Waals surface area contributed by atoms with E-state index in [1.54, 1.807) is 90.0 Å². The molecule has 3 rings (SSSR count). The Morgan fingerprint density at radius 1 is 0.393 bits per heavy atom. The van der Waals surface area contributed by atoms with Gasteiger partial charge in [0, 0.05) is 46.6 Å². The van der Waals surface area contributed by atoms with E-state index in [1.165, 1.54) is 0 Å². The molecular weight excluding hydrogens is 1370 g/mol. The molecule has 0 saturated carbocycles. The fourth-order valence-corrected chi connectivity index (χ4v) is 9.32. The molecule has 0 aliphatic carbocycles. The van der Waals surface area contributed by atoms with Gasteiger partial charge in [0.1, 0.15) is 54.0 Å². The quantitative estimate of drug-likeness (QED) is 0.0148. The van der Waals surface area contributed by atoms with Crippen LogP contribution >= 0.6 is 0 Å². The summed E-state index contributed by atoms with van der Waals surface area (Å²) < 4.78 is 42.5. The molecule has 3 aromatic rings. The number of carboxylic acids is 1. The maximum atomic E-state index is 12.9. The first-order valence-electron chi connectivity index (χ1n) is 38.4. The predicted octanol–water partition coefficient (Wildman–Crippen LogP) is 15.9. The Hall–Kier alpha value is -8.16. The van der Waals surface area contributed by atoms with E-state index in [9.17, 15) is 47.9 Å². The van der Waals surface area contributed by atoms with Crippen molar-refractivity contribution in [3.05, 3.63) is 108 Å². The van der Waals surface area contributed by atoms with Crippen molar-refractivity contribution in [1.82, 2.24) is 21.3 Å². The Balaban J connectivity index is -0.00000140. The van der Waals surface area contributed by atoms with Crippen molar-refractivity contribution in [1.29, 1.82) is 0 Å². The summed E-state index contributed by atoms with van der Waals surface area (Å²) in [6.45, 7) is 26.5. The SMILES string of the molecule is C.CC(C)(C)OC(=O)NCCCC[C@H](NC(=O)OC(C)(C)C)C(=O)CCCCCCC(=O)OCc1ccccc1.CC(C)(C)OC(=O)NCCCC[C@H](NC(=O)OC(C)(C)C)C(=O)O.NCCCCCC(=O)OCc1ccccc1.NCCCC[C@H](N)C(=O)CCCCCCC(=O)OCc1ccccc1.[2H]CC. The van der Waals surface area contributed by atoms with Gasteiger partial charge in [-0.3, -0.25) is 24.0 Å². The molecule has 0 aliphatic rings. The van der Waals surface area contributed by atoms with Gasteiger partial charge in [-0.05, 0) is 203 Å². The molecule has 0 saturated heterocycles. The van der Waals surface area contributed by atoms with Crippen LogP contribution in [-0.2, 0) is 81.7 Å². The lowest BCUT2D eigenvalue weighted by molar-refractivity contribution is -0.146. The monoisotopic (exact) mass is 1510 g/mol. The van der Waals surface area contributed by atoms with Gasteiger partial charge in [0.15, 0.2) is 5.78 Å². The molecule has 0 heterocycles.